The number of aliphatic hydroxyl groups is 1. The van der Waals surface area contributed by atoms with Crippen LogP contribution in [0.1, 0.15) is 58.8 Å². The van der Waals surface area contributed by atoms with Crippen LogP contribution >= 0.6 is 0 Å². The van der Waals surface area contributed by atoms with Crippen LogP contribution in [-0.4, -0.2) is 41.8 Å². The quantitative estimate of drug-likeness (QED) is 0.917. The second-order valence-corrected chi connectivity index (χ2v) is 8.27. The Bertz CT molecular complexity index is 481. The summed E-state index contributed by atoms with van der Waals surface area (Å²) < 4.78 is 5.78. The lowest BCUT2D eigenvalue weighted by molar-refractivity contribution is -0.0754. The molecule has 3 nitrogen and oxygen atoms in total. The minimum Gasteiger partial charge on any atom is -0.388 e. The van der Waals surface area contributed by atoms with E-state index in [0.717, 1.165) is 25.2 Å². The van der Waals surface area contributed by atoms with Crippen molar-refractivity contribution >= 4 is 0 Å². The van der Waals surface area contributed by atoms with Gasteiger partial charge in [-0.2, -0.15) is 0 Å². The molecule has 3 heteroatoms. The zero-order chi connectivity index (χ0) is 17.2. The molecule has 0 aliphatic carbocycles. The van der Waals surface area contributed by atoms with Gasteiger partial charge in [-0.05, 0) is 36.3 Å². The lowest BCUT2D eigenvalue weighted by Crippen LogP contribution is -2.47. The lowest BCUT2D eigenvalue weighted by atomic mass is 9.85. The van der Waals surface area contributed by atoms with Crippen molar-refractivity contribution in [1.29, 1.82) is 0 Å². The monoisotopic (exact) mass is 319 g/mol. The molecular formula is C20H33NO2. The molecule has 0 radical (unpaired) electrons. The Morgan fingerprint density at radius 2 is 1.65 bits per heavy atom. The van der Waals surface area contributed by atoms with Crippen molar-refractivity contribution in [2.45, 2.75) is 65.3 Å². The van der Waals surface area contributed by atoms with Crippen LogP contribution in [0.4, 0.5) is 0 Å². The summed E-state index contributed by atoms with van der Waals surface area (Å²) in [5.41, 5.74) is 2.46. The Kier molecular flexibility index (Phi) is 5.88. The van der Waals surface area contributed by atoms with Gasteiger partial charge in [0.25, 0.3) is 0 Å². The van der Waals surface area contributed by atoms with Crippen molar-refractivity contribution in [1.82, 2.24) is 4.90 Å². The predicted molar refractivity (Wildman–Crippen MR) is 95.7 cm³/mol. The Balaban J connectivity index is 1.97. The van der Waals surface area contributed by atoms with Crippen molar-refractivity contribution in [3.05, 3.63) is 35.4 Å². The normalized spacial score (nSPS) is 26.0. The molecule has 4 atom stereocenters. The van der Waals surface area contributed by atoms with Gasteiger partial charge in [0.15, 0.2) is 0 Å². The molecule has 1 aromatic carbocycles. The summed E-state index contributed by atoms with van der Waals surface area (Å²) in [6.07, 6.45) is 0.126. The second-order valence-electron chi connectivity index (χ2n) is 8.27. The standard InChI is InChI=1S/C20H33NO2/c1-14(11-21-12-15(2)23-16(3)13-21)19(22)17-7-9-18(10-8-17)20(4,5)6/h7-10,14-16,19,22H,11-13H2,1-6H3/t14-,15-,16+,19?/m1/s1. The van der Waals surface area contributed by atoms with Gasteiger partial charge in [0, 0.05) is 19.6 Å². The molecule has 130 valence electrons. The summed E-state index contributed by atoms with van der Waals surface area (Å²) >= 11 is 0. The summed E-state index contributed by atoms with van der Waals surface area (Å²) in [6, 6.07) is 8.44. The van der Waals surface area contributed by atoms with E-state index in [2.05, 4.69) is 70.7 Å². The maximum atomic E-state index is 10.7. The molecule has 1 fully saturated rings. The van der Waals surface area contributed by atoms with E-state index in [-0.39, 0.29) is 23.5 Å². The van der Waals surface area contributed by atoms with E-state index in [1.165, 1.54) is 5.56 Å². The average Bonchev–Trinajstić information content (AvgIpc) is 2.44. The first-order valence-corrected chi connectivity index (χ1v) is 8.83. The number of ether oxygens (including phenoxy) is 1. The van der Waals surface area contributed by atoms with Crippen molar-refractivity contribution < 1.29 is 9.84 Å². The van der Waals surface area contributed by atoms with E-state index in [1.807, 2.05) is 0 Å². The first-order chi connectivity index (χ1) is 10.7. The summed E-state index contributed by atoms with van der Waals surface area (Å²) in [4.78, 5) is 2.41. The Labute approximate surface area is 141 Å². The molecule has 2 rings (SSSR count). The molecule has 0 spiro atoms. The number of morpholine rings is 1. The fraction of sp³-hybridized carbons (Fsp3) is 0.700. The van der Waals surface area contributed by atoms with E-state index < -0.39 is 6.10 Å². The highest BCUT2D eigenvalue weighted by molar-refractivity contribution is 5.28. The smallest absolute Gasteiger partial charge is 0.0827 e. The van der Waals surface area contributed by atoms with Crippen LogP contribution < -0.4 is 0 Å². The first-order valence-electron chi connectivity index (χ1n) is 8.83. The summed E-state index contributed by atoms with van der Waals surface area (Å²) in [5, 5.41) is 10.7. The topological polar surface area (TPSA) is 32.7 Å². The fourth-order valence-corrected chi connectivity index (χ4v) is 3.45. The summed E-state index contributed by atoms with van der Waals surface area (Å²) in [7, 11) is 0. The number of rotatable bonds is 4. The lowest BCUT2D eigenvalue weighted by Gasteiger charge is -2.37. The van der Waals surface area contributed by atoms with E-state index in [9.17, 15) is 5.11 Å². The number of hydrogen-bond acceptors (Lipinski definition) is 3. The minimum absolute atomic E-state index is 0.148. The highest BCUT2D eigenvalue weighted by Gasteiger charge is 2.26. The van der Waals surface area contributed by atoms with Gasteiger partial charge in [0.2, 0.25) is 0 Å². The maximum Gasteiger partial charge on any atom is 0.0827 e. The maximum absolute atomic E-state index is 10.7. The summed E-state index contributed by atoms with van der Waals surface area (Å²) in [6.45, 7) is 15.8. The van der Waals surface area contributed by atoms with Gasteiger partial charge < -0.3 is 9.84 Å². The van der Waals surface area contributed by atoms with Crippen LogP contribution in [0.3, 0.4) is 0 Å². The predicted octanol–water partition coefficient (Wildman–Crippen LogP) is 3.76. The number of nitrogens with zero attached hydrogens (tertiary/aromatic N) is 1. The Morgan fingerprint density at radius 3 is 2.13 bits per heavy atom. The van der Waals surface area contributed by atoms with Gasteiger partial charge in [-0.1, -0.05) is 52.0 Å². The molecule has 1 unspecified atom stereocenters. The van der Waals surface area contributed by atoms with Crippen LogP contribution in [0.5, 0.6) is 0 Å². The fourth-order valence-electron chi connectivity index (χ4n) is 3.45. The Morgan fingerprint density at radius 1 is 1.13 bits per heavy atom. The second kappa shape index (κ2) is 7.33. The van der Waals surface area contributed by atoms with E-state index in [0.29, 0.717) is 0 Å². The van der Waals surface area contributed by atoms with Crippen molar-refractivity contribution in [2.75, 3.05) is 19.6 Å². The molecule has 0 saturated carbocycles. The molecule has 0 bridgehead atoms. The molecule has 1 heterocycles. The third-order valence-electron chi connectivity index (χ3n) is 4.70. The molecule has 1 N–H and O–H groups in total. The van der Waals surface area contributed by atoms with Gasteiger partial charge >= 0.3 is 0 Å². The van der Waals surface area contributed by atoms with Gasteiger partial charge in [-0.3, -0.25) is 4.90 Å². The van der Waals surface area contributed by atoms with Gasteiger partial charge in [0.05, 0.1) is 18.3 Å². The van der Waals surface area contributed by atoms with E-state index >= 15 is 0 Å². The largest absolute Gasteiger partial charge is 0.388 e. The molecule has 1 aliphatic heterocycles. The third kappa shape index (κ3) is 5.03. The van der Waals surface area contributed by atoms with Crippen molar-refractivity contribution in [3.8, 4) is 0 Å². The van der Waals surface area contributed by atoms with Crippen LogP contribution in [-0.2, 0) is 10.2 Å². The van der Waals surface area contributed by atoms with Crippen LogP contribution in [0.2, 0.25) is 0 Å². The van der Waals surface area contributed by atoms with Crippen LogP contribution in [0, 0.1) is 5.92 Å². The van der Waals surface area contributed by atoms with E-state index in [4.69, 9.17) is 4.74 Å². The molecule has 23 heavy (non-hydrogen) atoms. The van der Waals surface area contributed by atoms with E-state index in [1.54, 1.807) is 0 Å². The van der Waals surface area contributed by atoms with Crippen LogP contribution in [0.15, 0.2) is 24.3 Å². The highest BCUT2D eigenvalue weighted by Crippen LogP contribution is 2.27. The molecule has 1 aromatic rings. The molecule has 0 aromatic heterocycles. The zero-order valence-corrected chi connectivity index (χ0v) is 15.5. The third-order valence-corrected chi connectivity index (χ3v) is 4.70. The zero-order valence-electron chi connectivity index (χ0n) is 15.5. The van der Waals surface area contributed by atoms with Gasteiger partial charge in [-0.15, -0.1) is 0 Å². The van der Waals surface area contributed by atoms with Crippen molar-refractivity contribution in [2.24, 2.45) is 5.92 Å². The van der Waals surface area contributed by atoms with Gasteiger partial charge in [-0.25, -0.2) is 0 Å². The molecule has 1 aliphatic rings. The average molecular weight is 319 g/mol. The molecule has 1 saturated heterocycles. The Hall–Kier alpha value is -0.900. The number of hydrogen-bond donors (Lipinski definition) is 1. The van der Waals surface area contributed by atoms with Gasteiger partial charge in [0.1, 0.15) is 0 Å². The van der Waals surface area contributed by atoms with Crippen molar-refractivity contribution in [3.63, 3.8) is 0 Å². The minimum atomic E-state index is -0.419. The first kappa shape index (κ1) is 18.4. The number of aliphatic hydroxyl groups excluding tert-OH is 1. The molecular weight excluding hydrogens is 286 g/mol. The number of benzene rings is 1. The SMILES string of the molecule is C[C@@H]1CN(C[C@@H](C)C(O)c2ccc(C(C)(C)C)cc2)C[C@H](C)O1. The summed E-state index contributed by atoms with van der Waals surface area (Å²) in [5.74, 6) is 0.202. The van der Waals surface area contributed by atoms with Crippen LogP contribution in [0.25, 0.3) is 0 Å². The highest BCUT2D eigenvalue weighted by atomic mass is 16.5. The molecule has 0 amide bonds.